The number of benzene rings is 2. The molecule has 0 fully saturated rings. The van der Waals surface area contributed by atoms with Gasteiger partial charge in [0.1, 0.15) is 29.4 Å². The van der Waals surface area contributed by atoms with Gasteiger partial charge in [-0.2, -0.15) is 0 Å². The molecular weight excluding hydrogens is 414 g/mol. The molecule has 8 nitrogen and oxygen atoms in total. The third-order valence-electron chi connectivity index (χ3n) is 4.19. The Bertz CT molecular complexity index is 1020. The summed E-state index contributed by atoms with van der Waals surface area (Å²) in [5, 5.41) is 2.15. The van der Waals surface area contributed by atoms with E-state index < -0.39 is 10.2 Å². The fourth-order valence-electron chi connectivity index (χ4n) is 2.82. The molecule has 162 valence electrons. The predicted octanol–water partition coefficient (Wildman–Crippen LogP) is -1.86. The van der Waals surface area contributed by atoms with Crippen molar-refractivity contribution in [1.29, 1.82) is 0 Å². The summed E-state index contributed by atoms with van der Waals surface area (Å²) in [6, 6.07) is 15.8. The molecule has 3 rings (SSSR count). The van der Waals surface area contributed by atoms with Crippen LogP contribution in [0.4, 0.5) is 0 Å². The van der Waals surface area contributed by atoms with Gasteiger partial charge >= 0.3 is 0 Å². The van der Waals surface area contributed by atoms with Crippen LogP contribution in [-0.4, -0.2) is 20.8 Å². The lowest BCUT2D eigenvalue weighted by Crippen LogP contribution is -2.76. The lowest BCUT2D eigenvalue weighted by Gasteiger charge is -2.17. The summed E-state index contributed by atoms with van der Waals surface area (Å²) in [5.41, 5.74) is 1.74. The first-order valence-corrected chi connectivity index (χ1v) is 10.4. The van der Waals surface area contributed by atoms with Crippen molar-refractivity contribution >= 4 is 11.0 Å². The normalized spacial score (nSPS) is 11.8. The summed E-state index contributed by atoms with van der Waals surface area (Å²) in [6.07, 6.45) is 2.28. The average Bonchev–Trinajstić information content (AvgIpc) is 2.72. The number of rotatable bonds is 6. The minimum absolute atomic E-state index is 0.720. The number of para-hydroxylation sites is 1. The number of unbranched alkanes of at least 4 members (excludes halogenated alkanes) is 1. The summed E-state index contributed by atoms with van der Waals surface area (Å²) in [6.45, 7) is 3.12. The van der Waals surface area contributed by atoms with Gasteiger partial charge in [0.15, 0.2) is 0 Å². The van der Waals surface area contributed by atoms with Gasteiger partial charge in [0, 0.05) is 12.5 Å². The molecule has 1 N–H and O–H groups in total. The van der Waals surface area contributed by atoms with E-state index in [4.69, 9.17) is 32.5 Å². The lowest BCUT2D eigenvalue weighted by molar-refractivity contribution is -2.00. The van der Waals surface area contributed by atoms with E-state index in [2.05, 4.69) is 18.0 Å². The van der Waals surface area contributed by atoms with Crippen LogP contribution in [-0.2, 0) is 0 Å². The van der Waals surface area contributed by atoms with Gasteiger partial charge in [0.25, 0.3) is 0 Å². The summed E-state index contributed by atoms with van der Waals surface area (Å²) in [7, 11) is -1.65. The van der Waals surface area contributed by atoms with Crippen molar-refractivity contribution in [2.75, 3.05) is 20.8 Å². The predicted molar refractivity (Wildman–Crippen MR) is 98.6 cm³/mol. The molecule has 9 heteroatoms. The molecule has 0 aliphatic carbocycles. The fraction of sp³-hybridized carbons (Fsp3) is 0.286. The Morgan fingerprint density at radius 1 is 0.967 bits per heavy atom. The van der Waals surface area contributed by atoms with E-state index >= 15 is 0 Å². The van der Waals surface area contributed by atoms with Crippen molar-refractivity contribution in [3.8, 4) is 22.8 Å². The highest BCUT2D eigenvalue weighted by Crippen LogP contribution is 2.33. The van der Waals surface area contributed by atoms with Crippen LogP contribution in [0, 0.1) is 10.2 Å². The molecule has 2 aromatic carbocycles. The zero-order valence-corrected chi connectivity index (χ0v) is 17.7. The van der Waals surface area contributed by atoms with Gasteiger partial charge < -0.3 is 13.9 Å². The van der Waals surface area contributed by atoms with E-state index in [0.717, 1.165) is 58.5 Å². The van der Waals surface area contributed by atoms with E-state index in [0.29, 0.717) is 0 Å². The first-order valence-electron chi connectivity index (χ1n) is 9.20. The van der Waals surface area contributed by atoms with E-state index in [1.54, 1.807) is 14.2 Å². The second-order valence-electron chi connectivity index (χ2n) is 6.24. The van der Waals surface area contributed by atoms with E-state index in [9.17, 15) is 0 Å². The van der Waals surface area contributed by atoms with Crippen molar-refractivity contribution in [1.82, 2.24) is 0 Å². The zero-order valence-electron chi connectivity index (χ0n) is 17.0. The SMILES string of the molecule is CCCC[NH+]=c1cc(-c2ccc(OC)cc2OC)oc2ccccc12.[O-][Cl+3]([O-])([O-])[O-]. The van der Waals surface area contributed by atoms with Gasteiger partial charge in [0.2, 0.25) is 5.36 Å². The molecule has 0 amide bonds. The van der Waals surface area contributed by atoms with Gasteiger partial charge in [-0.1, -0.05) is 25.5 Å². The van der Waals surface area contributed by atoms with E-state index in [1.165, 1.54) is 0 Å². The quantitative estimate of drug-likeness (QED) is 0.446. The van der Waals surface area contributed by atoms with Crippen molar-refractivity contribution < 1.29 is 47.8 Å². The topological polar surface area (TPSA) is 138 Å². The molecule has 0 spiro atoms. The van der Waals surface area contributed by atoms with Crippen molar-refractivity contribution in [2.45, 2.75) is 19.8 Å². The molecule has 0 aliphatic rings. The molecule has 0 saturated heterocycles. The molecule has 0 atom stereocenters. The first-order chi connectivity index (χ1) is 14.3. The van der Waals surface area contributed by atoms with Gasteiger partial charge in [-0.15, -0.1) is 10.2 Å². The van der Waals surface area contributed by atoms with Gasteiger partial charge in [-0.05, 0) is 24.3 Å². The highest BCUT2D eigenvalue weighted by atomic mass is 35.7. The monoisotopic (exact) mass is 437 g/mol. The van der Waals surface area contributed by atoms with Crippen LogP contribution in [0.2, 0.25) is 0 Å². The average molecular weight is 438 g/mol. The molecule has 3 aromatic rings. The maximum Gasteiger partial charge on any atom is 0.213 e. The van der Waals surface area contributed by atoms with Crippen molar-refractivity contribution in [3.05, 3.63) is 53.9 Å². The van der Waals surface area contributed by atoms with Crippen LogP contribution in [0.5, 0.6) is 11.5 Å². The third-order valence-corrected chi connectivity index (χ3v) is 4.19. The summed E-state index contributed by atoms with van der Waals surface area (Å²) < 4.78 is 50.9. The van der Waals surface area contributed by atoms with Gasteiger partial charge in [-0.25, -0.2) is 23.6 Å². The molecule has 30 heavy (non-hydrogen) atoms. The van der Waals surface area contributed by atoms with E-state index in [1.807, 2.05) is 42.5 Å². The van der Waals surface area contributed by atoms with Crippen LogP contribution in [0.15, 0.2) is 52.9 Å². The fourth-order valence-corrected chi connectivity index (χ4v) is 2.82. The molecule has 0 bridgehead atoms. The standard InChI is InChI=1S/C21H23NO3.ClHO4/c1-4-5-12-22-18-14-21(25-19-9-7-6-8-16(18)19)17-11-10-15(23-2)13-20(17)24-3;2-1(3,4)5/h6-11,13-14H,4-5,12H2,1-3H3;(H,2,3,4,5). The number of halogens is 1. The molecule has 1 aromatic heterocycles. The van der Waals surface area contributed by atoms with Crippen LogP contribution in [0.25, 0.3) is 22.3 Å². The first kappa shape index (κ1) is 23.7. The Kier molecular flexibility index (Phi) is 8.64. The molecule has 0 unspecified atom stereocenters. The summed E-state index contributed by atoms with van der Waals surface area (Å²) in [5.74, 6) is 2.23. The van der Waals surface area contributed by atoms with Crippen LogP contribution < -0.4 is 38.5 Å². The highest BCUT2D eigenvalue weighted by Gasteiger charge is 2.13. The lowest BCUT2D eigenvalue weighted by atomic mass is 10.1. The number of hydrogen-bond acceptors (Lipinski definition) is 7. The van der Waals surface area contributed by atoms with Crippen molar-refractivity contribution in [3.63, 3.8) is 0 Å². The minimum atomic E-state index is -4.94. The molecule has 0 saturated carbocycles. The summed E-state index contributed by atoms with van der Waals surface area (Å²) in [4.78, 5) is 3.53. The van der Waals surface area contributed by atoms with E-state index in [-0.39, 0.29) is 0 Å². The number of hydrogen-bond donors (Lipinski definition) is 1. The van der Waals surface area contributed by atoms with Gasteiger partial charge in [0.05, 0.1) is 31.2 Å². The number of ether oxygens (including phenoxy) is 2. The molecule has 0 radical (unpaired) electrons. The molecule has 1 heterocycles. The number of fused-ring (bicyclic) bond motifs is 1. The van der Waals surface area contributed by atoms with Crippen LogP contribution in [0.1, 0.15) is 19.8 Å². The Labute approximate surface area is 176 Å². The van der Waals surface area contributed by atoms with Crippen molar-refractivity contribution in [2.24, 2.45) is 0 Å². The highest BCUT2D eigenvalue weighted by molar-refractivity contribution is 5.79. The minimum Gasteiger partial charge on any atom is -0.497 e. The smallest absolute Gasteiger partial charge is 0.213 e. The third kappa shape index (κ3) is 7.01. The Balaban J connectivity index is 0.000000575. The second kappa shape index (κ2) is 11.0. The zero-order chi connectivity index (χ0) is 22.1. The number of nitrogens with one attached hydrogen (secondary N) is 1. The number of methoxy groups -OCH3 is 2. The van der Waals surface area contributed by atoms with Crippen LogP contribution >= 0.6 is 0 Å². The Hall–Kier alpha value is -2.62. The maximum atomic E-state index is 8.49. The largest absolute Gasteiger partial charge is 0.497 e. The molecular formula is C21H24ClNO7. The molecule has 0 aliphatic heterocycles. The Morgan fingerprint density at radius 3 is 2.30 bits per heavy atom. The summed E-state index contributed by atoms with van der Waals surface area (Å²) >= 11 is 0. The second-order valence-corrected chi connectivity index (χ2v) is 7.00. The maximum absolute atomic E-state index is 8.49. The Morgan fingerprint density at radius 2 is 1.67 bits per heavy atom. The van der Waals surface area contributed by atoms with Crippen LogP contribution in [0.3, 0.4) is 0 Å². The van der Waals surface area contributed by atoms with Gasteiger partial charge in [-0.3, -0.25) is 0 Å².